The molecule has 0 amide bonds. The van der Waals surface area contributed by atoms with Crippen LogP contribution in [-0.2, 0) is 11.5 Å². The summed E-state index contributed by atoms with van der Waals surface area (Å²) in [7, 11) is -1.13. The molecule has 1 fully saturated rings. The molecule has 124 valence electrons. The number of nitrogens with zero attached hydrogens (tertiary/aromatic N) is 3. The van der Waals surface area contributed by atoms with Crippen LogP contribution in [0.4, 0.5) is 5.69 Å². The van der Waals surface area contributed by atoms with Gasteiger partial charge in [-0.3, -0.25) is 4.79 Å². The maximum atomic E-state index is 12.2. The van der Waals surface area contributed by atoms with Crippen molar-refractivity contribution in [3.8, 4) is 0 Å². The molecule has 1 aliphatic heterocycles. The molecular weight excluding hydrogens is 368 g/mol. The van der Waals surface area contributed by atoms with Crippen molar-refractivity contribution in [1.29, 1.82) is 0 Å². The van der Waals surface area contributed by atoms with Crippen LogP contribution in [0.3, 0.4) is 0 Å². The van der Waals surface area contributed by atoms with Gasteiger partial charge < -0.3 is 15.3 Å². The highest BCUT2D eigenvalue weighted by Gasteiger charge is 2.43. The molecule has 0 aliphatic carbocycles. The number of anilines is 1. The van der Waals surface area contributed by atoms with Crippen LogP contribution >= 0.6 is 15.9 Å². The van der Waals surface area contributed by atoms with Gasteiger partial charge in [0.05, 0.1) is 17.9 Å². The van der Waals surface area contributed by atoms with E-state index in [1.54, 1.807) is 11.2 Å². The Labute approximate surface area is 139 Å². The summed E-state index contributed by atoms with van der Waals surface area (Å²) in [5.74, 6) is 0. The zero-order chi connectivity index (χ0) is 16.5. The van der Waals surface area contributed by atoms with Crippen molar-refractivity contribution in [1.82, 2.24) is 14.8 Å². The SMILES string of the molecule is C[C@H]1[C@H](O)N1Nc1cnn(COCC[Si](C)(C)C)c(=O)c1Br. The third-order valence-corrected chi connectivity index (χ3v) is 5.98. The first-order valence-corrected chi connectivity index (χ1v) is 11.8. The molecule has 2 rings (SSSR count). The normalized spacial score (nSPS) is 24.4. The second-order valence-corrected chi connectivity index (χ2v) is 13.1. The molecule has 2 heterocycles. The first-order valence-electron chi connectivity index (χ1n) is 7.27. The van der Waals surface area contributed by atoms with E-state index in [1.165, 1.54) is 4.68 Å². The van der Waals surface area contributed by atoms with Crippen LogP contribution in [0.1, 0.15) is 6.92 Å². The predicted octanol–water partition coefficient (Wildman–Crippen LogP) is 1.67. The van der Waals surface area contributed by atoms with E-state index < -0.39 is 14.3 Å². The smallest absolute Gasteiger partial charge is 0.285 e. The minimum atomic E-state index is -1.13. The van der Waals surface area contributed by atoms with Crippen molar-refractivity contribution in [2.45, 2.75) is 51.6 Å². The highest BCUT2D eigenvalue weighted by atomic mass is 79.9. The summed E-state index contributed by atoms with van der Waals surface area (Å²) >= 11 is 3.28. The van der Waals surface area contributed by atoms with Gasteiger partial charge in [0.15, 0.2) is 0 Å². The Balaban J connectivity index is 1.94. The summed E-state index contributed by atoms with van der Waals surface area (Å²) < 4.78 is 7.20. The molecule has 1 saturated heterocycles. The summed E-state index contributed by atoms with van der Waals surface area (Å²) in [6.07, 6.45) is 1.02. The number of nitrogens with one attached hydrogen (secondary N) is 1. The molecule has 3 atom stereocenters. The molecule has 22 heavy (non-hydrogen) atoms. The second-order valence-electron chi connectivity index (χ2n) is 6.70. The Morgan fingerprint density at radius 2 is 2.14 bits per heavy atom. The fourth-order valence-corrected chi connectivity index (χ4v) is 2.96. The van der Waals surface area contributed by atoms with Crippen molar-refractivity contribution in [3.05, 3.63) is 21.0 Å². The van der Waals surface area contributed by atoms with Crippen LogP contribution in [0.2, 0.25) is 25.7 Å². The molecular formula is C13H23BrN4O3Si. The molecule has 1 aromatic heterocycles. The minimum absolute atomic E-state index is 0.0271. The molecule has 2 N–H and O–H groups in total. The van der Waals surface area contributed by atoms with Gasteiger partial charge in [-0.25, -0.2) is 4.68 Å². The molecule has 0 saturated carbocycles. The Morgan fingerprint density at radius 1 is 1.50 bits per heavy atom. The van der Waals surface area contributed by atoms with Gasteiger partial charge in [0, 0.05) is 14.7 Å². The Bertz CT molecular complexity index is 582. The predicted molar refractivity (Wildman–Crippen MR) is 91.2 cm³/mol. The molecule has 0 radical (unpaired) electrons. The number of rotatable bonds is 7. The van der Waals surface area contributed by atoms with Crippen LogP contribution in [0.5, 0.6) is 0 Å². The van der Waals surface area contributed by atoms with Crippen molar-refractivity contribution in [3.63, 3.8) is 0 Å². The topological polar surface area (TPSA) is 79.4 Å². The van der Waals surface area contributed by atoms with Crippen LogP contribution < -0.4 is 11.0 Å². The monoisotopic (exact) mass is 390 g/mol. The van der Waals surface area contributed by atoms with Crippen LogP contribution in [-0.4, -0.2) is 46.8 Å². The van der Waals surface area contributed by atoms with Crippen LogP contribution in [0, 0.1) is 0 Å². The zero-order valence-corrected chi connectivity index (χ0v) is 15.9. The third-order valence-electron chi connectivity index (χ3n) is 3.51. The van der Waals surface area contributed by atoms with E-state index in [2.05, 4.69) is 46.1 Å². The fourth-order valence-electron chi connectivity index (χ4n) is 1.80. The maximum Gasteiger partial charge on any atom is 0.285 e. The highest BCUT2D eigenvalue weighted by molar-refractivity contribution is 9.10. The van der Waals surface area contributed by atoms with Crippen LogP contribution in [0.25, 0.3) is 0 Å². The van der Waals surface area contributed by atoms with Crippen molar-refractivity contribution in [2.24, 2.45) is 0 Å². The standard InChI is InChI=1S/C13H23BrN4O3Si/c1-9-12(19)18(9)16-10-7-15-17(13(20)11(10)14)8-21-5-6-22(2,3)4/h7,9,12,16,19H,5-6,8H2,1-4H3/t9-,12-,18?/m0/s1. The lowest BCUT2D eigenvalue weighted by atomic mass is 10.5. The van der Waals surface area contributed by atoms with Gasteiger partial charge in [0.2, 0.25) is 0 Å². The number of aliphatic hydroxyl groups excluding tert-OH is 1. The van der Waals surface area contributed by atoms with Gasteiger partial charge in [0.1, 0.15) is 17.4 Å². The Morgan fingerprint density at radius 3 is 2.68 bits per heavy atom. The van der Waals surface area contributed by atoms with E-state index in [-0.39, 0.29) is 18.3 Å². The number of ether oxygens (including phenoxy) is 1. The highest BCUT2D eigenvalue weighted by Crippen LogP contribution is 2.27. The molecule has 0 bridgehead atoms. The van der Waals surface area contributed by atoms with E-state index >= 15 is 0 Å². The van der Waals surface area contributed by atoms with Crippen molar-refractivity contribution >= 4 is 29.7 Å². The van der Waals surface area contributed by atoms with E-state index in [9.17, 15) is 9.90 Å². The molecule has 1 aromatic rings. The fraction of sp³-hybridized carbons (Fsp3) is 0.692. The average Bonchev–Trinajstić information content (AvgIpc) is 2.99. The van der Waals surface area contributed by atoms with Gasteiger partial charge in [-0.1, -0.05) is 19.6 Å². The maximum absolute atomic E-state index is 12.2. The largest absolute Gasteiger partial charge is 0.375 e. The number of halogens is 1. The van der Waals surface area contributed by atoms with Crippen molar-refractivity contribution in [2.75, 3.05) is 12.0 Å². The van der Waals surface area contributed by atoms with Gasteiger partial charge >= 0.3 is 0 Å². The summed E-state index contributed by atoms with van der Waals surface area (Å²) in [5, 5.41) is 15.2. The summed E-state index contributed by atoms with van der Waals surface area (Å²) in [6, 6.07) is 1.08. The van der Waals surface area contributed by atoms with Gasteiger partial charge in [0.25, 0.3) is 5.56 Å². The lowest BCUT2D eigenvalue weighted by Crippen LogP contribution is -2.28. The van der Waals surface area contributed by atoms with E-state index in [0.717, 1.165) is 6.04 Å². The first kappa shape index (κ1) is 17.6. The summed E-state index contributed by atoms with van der Waals surface area (Å²) in [4.78, 5) is 12.2. The third kappa shape index (κ3) is 4.39. The van der Waals surface area contributed by atoms with Gasteiger partial charge in [-0.05, 0) is 28.9 Å². The lowest BCUT2D eigenvalue weighted by molar-refractivity contribution is 0.0748. The quantitative estimate of drug-likeness (QED) is 0.418. The molecule has 0 spiro atoms. The summed E-state index contributed by atoms with van der Waals surface area (Å²) in [6.45, 7) is 9.50. The number of aromatic nitrogens is 2. The number of aliphatic hydroxyl groups is 1. The molecule has 7 nitrogen and oxygen atoms in total. The van der Waals surface area contributed by atoms with E-state index in [0.29, 0.717) is 16.8 Å². The minimum Gasteiger partial charge on any atom is -0.375 e. The van der Waals surface area contributed by atoms with Crippen molar-refractivity contribution < 1.29 is 9.84 Å². The zero-order valence-electron chi connectivity index (χ0n) is 13.3. The van der Waals surface area contributed by atoms with Gasteiger partial charge in [-0.15, -0.1) is 0 Å². The Hall–Kier alpha value is -0.743. The first-order chi connectivity index (χ1) is 10.2. The lowest BCUT2D eigenvalue weighted by Gasteiger charge is -2.16. The van der Waals surface area contributed by atoms with Gasteiger partial charge in [-0.2, -0.15) is 10.1 Å². The van der Waals surface area contributed by atoms with Crippen LogP contribution in [0.15, 0.2) is 15.5 Å². The van der Waals surface area contributed by atoms with E-state index in [4.69, 9.17) is 4.74 Å². The number of hydrogen-bond donors (Lipinski definition) is 2. The molecule has 0 aromatic carbocycles. The molecule has 1 aliphatic rings. The summed E-state index contributed by atoms with van der Waals surface area (Å²) in [5.41, 5.74) is 3.24. The number of hydrazine groups is 1. The van der Waals surface area contributed by atoms with E-state index in [1.807, 2.05) is 6.92 Å². The Kier molecular flexibility index (Phi) is 5.44. The molecule has 1 unspecified atom stereocenters. The average molecular weight is 391 g/mol. The second kappa shape index (κ2) is 6.79. The number of hydrogen-bond acceptors (Lipinski definition) is 6. The molecule has 9 heteroatoms.